The molecule has 118 valence electrons. The lowest BCUT2D eigenvalue weighted by Gasteiger charge is -2.09. The van der Waals surface area contributed by atoms with Gasteiger partial charge in [0.25, 0.3) is 0 Å². The lowest BCUT2D eigenvalue weighted by molar-refractivity contribution is -0.137. The number of nitrogens with one attached hydrogen (secondary N) is 2. The second-order valence-electron chi connectivity index (χ2n) is 4.59. The van der Waals surface area contributed by atoms with Gasteiger partial charge in [-0.25, -0.2) is 4.79 Å². The standard InChI is InChI=1S/C14H14F3N3O2/c15-14(16,17)11-3-5-12(6-4-11)20-13(21)18-7-1-2-10-8-19-22-9-10/h3-6,8-9H,1-2,7H2,(H2,18,20,21). The lowest BCUT2D eigenvalue weighted by Crippen LogP contribution is -2.29. The van der Waals surface area contributed by atoms with Crippen LogP contribution in [-0.2, 0) is 12.6 Å². The Balaban J connectivity index is 1.72. The van der Waals surface area contributed by atoms with Crippen LogP contribution in [0.3, 0.4) is 0 Å². The fraction of sp³-hybridized carbons (Fsp3) is 0.286. The molecule has 0 fully saturated rings. The van der Waals surface area contributed by atoms with E-state index in [-0.39, 0.29) is 0 Å². The fourth-order valence-electron chi connectivity index (χ4n) is 1.76. The highest BCUT2D eigenvalue weighted by atomic mass is 19.4. The summed E-state index contributed by atoms with van der Waals surface area (Å²) in [5, 5.41) is 8.64. The van der Waals surface area contributed by atoms with Crippen molar-refractivity contribution < 1.29 is 22.5 Å². The van der Waals surface area contributed by atoms with E-state index in [2.05, 4.69) is 20.3 Å². The maximum absolute atomic E-state index is 12.4. The highest BCUT2D eigenvalue weighted by Gasteiger charge is 2.29. The summed E-state index contributed by atoms with van der Waals surface area (Å²) in [7, 11) is 0. The van der Waals surface area contributed by atoms with E-state index in [1.807, 2.05) is 0 Å². The molecule has 2 aromatic rings. The first-order chi connectivity index (χ1) is 10.4. The van der Waals surface area contributed by atoms with Gasteiger partial charge in [0.1, 0.15) is 6.26 Å². The van der Waals surface area contributed by atoms with Crippen LogP contribution in [0.2, 0.25) is 0 Å². The number of aryl methyl sites for hydroxylation is 1. The topological polar surface area (TPSA) is 67.2 Å². The Morgan fingerprint density at radius 1 is 1.23 bits per heavy atom. The maximum atomic E-state index is 12.4. The number of anilines is 1. The average molecular weight is 313 g/mol. The van der Waals surface area contributed by atoms with Crippen LogP contribution < -0.4 is 10.6 Å². The number of urea groups is 1. The minimum Gasteiger partial charge on any atom is -0.364 e. The van der Waals surface area contributed by atoms with Crippen LogP contribution in [0.25, 0.3) is 0 Å². The van der Waals surface area contributed by atoms with E-state index in [9.17, 15) is 18.0 Å². The van der Waals surface area contributed by atoms with Crippen molar-refractivity contribution in [3.8, 4) is 0 Å². The van der Waals surface area contributed by atoms with Crippen molar-refractivity contribution >= 4 is 11.7 Å². The van der Waals surface area contributed by atoms with Crippen molar-refractivity contribution in [1.82, 2.24) is 10.5 Å². The fourth-order valence-corrected chi connectivity index (χ4v) is 1.76. The van der Waals surface area contributed by atoms with E-state index in [4.69, 9.17) is 0 Å². The minimum atomic E-state index is -4.39. The maximum Gasteiger partial charge on any atom is 0.416 e. The summed E-state index contributed by atoms with van der Waals surface area (Å²) in [6, 6.07) is 3.78. The number of hydrogen-bond acceptors (Lipinski definition) is 3. The Hall–Kier alpha value is -2.51. The zero-order valence-corrected chi connectivity index (χ0v) is 11.5. The van der Waals surface area contributed by atoms with Crippen molar-refractivity contribution in [2.75, 3.05) is 11.9 Å². The number of benzene rings is 1. The van der Waals surface area contributed by atoms with Crippen LogP contribution in [0.5, 0.6) is 0 Å². The first-order valence-electron chi connectivity index (χ1n) is 6.55. The third-order valence-corrected chi connectivity index (χ3v) is 2.88. The Morgan fingerprint density at radius 3 is 2.55 bits per heavy atom. The number of hydrogen-bond donors (Lipinski definition) is 2. The molecule has 1 heterocycles. The number of nitrogens with zero attached hydrogens (tertiary/aromatic N) is 1. The van der Waals surface area contributed by atoms with Gasteiger partial charge in [-0.15, -0.1) is 0 Å². The zero-order valence-electron chi connectivity index (χ0n) is 11.5. The van der Waals surface area contributed by atoms with Crippen LogP contribution in [0.4, 0.5) is 23.7 Å². The normalized spacial score (nSPS) is 11.2. The van der Waals surface area contributed by atoms with Crippen molar-refractivity contribution in [2.24, 2.45) is 0 Å². The lowest BCUT2D eigenvalue weighted by atomic mass is 10.2. The number of rotatable bonds is 5. The van der Waals surface area contributed by atoms with E-state index < -0.39 is 17.8 Å². The monoisotopic (exact) mass is 313 g/mol. The first kappa shape index (κ1) is 15.9. The van der Waals surface area contributed by atoms with Crippen LogP contribution in [0, 0.1) is 0 Å². The van der Waals surface area contributed by atoms with Gasteiger partial charge in [-0.05, 0) is 37.1 Å². The Bertz CT molecular complexity index is 595. The van der Waals surface area contributed by atoms with Crippen molar-refractivity contribution in [1.29, 1.82) is 0 Å². The van der Waals surface area contributed by atoms with Gasteiger partial charge in [-0.1, -0.05) is 5.16 Å². The Morgan fingerprint density at radius 2 is 1.95 bits per heavy atom. The summed E-state index contributed by atoms with van der Waals surface area (Å²) in [6.07, 6.45) is 0.152. The smallest absolute Gasteiger partial charge is 0.364 e. The van der Waals surface area contributed by atoms with E-state index in [1.165, 1.54) is 18.4 Å². The number of amides is 2. The molecule has 22 heavy (non-hydrogen) atoms. The molecule has 0 atom stereocenters. The van der Waals surface area contributed by atoms with E-state index in [0.29, 0.717) is 25.1 Å². The van der Waals surface area contributed by atoms with Crippen LogP contribution in [0.15, 0.2) is 41.2 Å². The summed E-state index contributed by atoms with van der Waals surface area (Å²) in [6.45, 7) is 0.428. The Labute approximate surface area is 124 Å². The van der Waals surface area contributed by atoms with Crippen molar-refractivity contribution in [3.63, 3.8) is 0 Å². The van der Waals surface area contributed by atoms with Crippen LogP contribution in [-0.4, -0.2) is 17.7 Å². The molecule has 0 aliphatic carbocycles. The van der Waals surface area contributed by atoms with Gasteiger partial charge in [0, 0.05) is 17.8 Å². The molecule has 2 amide bonds. The third-order valence-electron chi connectivity index (χ3n) is 2.88. The van der Waals surface area contributed by atoms with Gasteiger partial charge in [0.2, 0.25) is 0 Å². The second kappa shape index (κ2) is 6.97. The van der Waals surface area contributed by atoms with E-state index in [0.717, 1.165) is 17.7 Å². The molecule has 0 aliphatic rings. The summed E-state index contributed by atoms with van der Waals surface area (Å²) in [5.74, 6) is 0. The van der Waals surface area contributed by atoms with Gasteiger partial charge in [-0.2, -0.15) is 13.2 Å². The molecule has 0 saturated heterocycles. The SMILES string of the molecule is O=C(NCCCc1cnoc1)Nc1ccc(C(F)(F)F)cc1. The molecule has 0 spiro atoms. The summed E-state index contributed by atoms with van der Waals surface area (Å²) in [4.78, 5) is 11.6. The first-order valence-corrected chi connectivity index (χ1v) is 6.55. The van der Waals surface area contributed by atoms with Gasteiger partial charge in [-0.3, -0.25) is 0 Å². The van der Waals surface area contributed by atoms with Crippen molar-refractivity contribution in [2.45, 2.75) is 19.0 Å². The molecule has 2 N–H and O–H groups in total. The molecule has 5 nitrogen and oxygen atoms in total. The van der Waals surface area contributed by atoms with Gasteiger partial charge >= 0.3 is 12.2 Å². The molecule has 1 aromatic carbocycles. The third kappa shape index (κ3) is 4.80. The molecule has 1 aromatic heterocycles. The largest absolute Gasteiger partial charge is 0.416 e. The molecule has 0 unspecified atom stereocenters. The molecule has 0 aliphatic heterocycles. The zero-order chi connectivity index (χ0) is 16.0. The highest BCUT2D eigenvalue weighted by Crippen LogP contribution is 2.29. The summed E-state index contributed by atoms with van der Waals surface area (Å²) in [5.41, 5.74) is 0.474. The number of carbonyl (C=O) groups excluding carboxylic acids is 1. The predicted molar refractivity (Wildman–Crippen MR) is 73.3 cm³/mol. The molecule has 8 heteroatoms. The van der Waals surface area contributed by atoms with Crippen LogP contribution >= 0.6 is 0 Å². The summed E-state index contributed by atoms with van der Waals surface area (Å²) >= 11 is 0. The number of halogens is 3. The van der Waals surface area contributed by atoms with Gasteiger partial charge in [0.15, 0.2) is 0 Å². The van der Waals surface area contributed by atoms with Crippen molar-refractivity contribution in [3.05, 3.63) is 47.9 Å². The molecule has 0 saturated carbocycles. The van der Waals surface area contributed by atoms with Gasteiger partial charge in [0.05, 0.1) is 11.8 Å². The number of alkyl halides is 3. The number of aromatic nitrogens is 1. The van der Waals surface area contributed by atoms with E-state index in [1.54, 1.807) is 6.20 Å². The molecular weight excluding hydrogens is 299 g/mol. The average Bonchev–Trinajstić information content (AvgIpc) is 2.96. The molecule has 0 radical (unpaired) electrons. The second-order valence-corrected chi connectivity index (χ2v) is 4.59. The number of carbonyl (C=O) groups is 1. The van der Waals surface area contributed by atoms with Gasteiger partial charge < -0.3 is 15.2 Å². The quantitative estimate of drug-likeness (QED) is 0.831. The molecule has 2 rings (SSSR count). The van der Waals surface area contributed by atoms with Crippen LogP contribution in [0.1, 0.15) is 17.5 Å². The highest BCUT2D eigenvalue weighted by molar-refractivity contribution is 5.89. The predicted octanol–water partition coefficient (Wildman–Crippen LogP) is 3.45. The minimum absolute atomic E-state index is 0.296. The Kier molecular flexibility index (Phi) is 5.03. The van der Waals surface area contributed by atoms with E-state index >= 15 is 0 Å². The molecule has 0 bridgehead atoms. The summed E-state index contributed by atoms with van der Waals surface area (Å²) < 4.78 is 41.9. The molecular formula is C14H14F3N3O2.